The number of furan rings is 1. The number of amides is 2. The number of imide groups is 1. The van der Waals surface area contributed by atoms with Crippen molar-refractivity contribution in [3.63, 3.8) is 0 Å². The number of carbonyl (C=O) groups excluding carboxylic acids is 3. The van der Waals surface area contributed by atoms with Gasteiger partial charge in [0.2, 0.25) is 5.76 Å². The normalized spacial score (nSPS) is 10.7. The highest BCUT2D eigenvalue weighted by molar-refractivity contribution is 7.12. The van der Waals surface area contributed by atoms with Crippen molar-refractivity contribution in [2.75, 3.05) is 13.7 Å². The molecule has 0 unspecified atom stereocenters. The smallest absolute Gasteiger partial charge is 0.375 e. The highest BCUT2D eigenvalue weighted by Crippen LogP contribution is 2.27. The van der Waals surface area contributed by atoms with Gasteiger partial charge in [-0.2, -0.15) is 0 Å². The molecule has 2 heterocycles. The second-order valence-electron chi connectivity index (χ2n) is 5.27. The topological polar surface area (TPSA) is 94.8 Å². The number of para-hydroxylation sites is 1. The Labute approximate surface area is 152 Å². The van der Waals surface area contributed by atoms with Crippen LogP contribution >= 0.6 is 11.3 Å². The maximum absolute atomic E-state index is 12.3. The Hall–Kier alpha value is -2.97. The van der Waals surface area contributed by atoms with Gasteiger partial charge in [0.15, 0.2) is 6.61 Å². The van der Waals surface area contributed by atoms with Crippen LogP contribution in [0.15, 0.2) is 46.2 Å². The van der Waals surface area contributed by atoms with Gasteiger partial charge in [-0.15, -0.1) is 11.3 Å². The lowest BCUT2D eigenvalue weighted by Gasteiger charge is -2.05. The quantitative estimate of drug-likeness (QED) is 0.668. The van der Waals surface area contributed by atoms with Gasteiger partial charge in [0.05, 0.1) is 11.5 Å². The molecule has 0 spiro atoms. The van der Waals surface area contributed by atoms with Gasteiger partial charge in [0.1, 0.15) is 5.58 Å². The van der Waals surface area contributed by atoms with Crippen molar-refractivity contribution < 1.29 is 28.3 Å². The van der Waals surface area contributed by atoms with Gasteiger partial charge in [-0.05, 0) is 17.5 Å². The Balaban J connectivity index is 1.66. The summed E-state index contributed by atoms with van der Waals surface area (Å²) >= 11 is 1.20. The number of thiophene rings is 1. The van der Waals surface area contributed by atoms with Crippen molar-refractivity contribution in [1.29, 1.82) is 0 Å². The summed E-state index contributed by atoms with van der Waals surface area (Å²) in [5, 5.41) is 4.61. The van der Waals surface area contributed by atoms with Crippen LogP contribution in [0.5, 0.6) is 0 Å². The van der Waals surface area contributed by atoms with E-state index in [2.05, 4.69) is 5.32 Å². The molecular weight excluding hydrogens is 358 g/mol. The van der Waals surface area contributed by atoms with E-state index in [1.807, 2.05) is 6.07 Å². The van der Waals surface area contributed by atoms with Gasteiger partial charge in [-0.3, -0.25) is 14.9 Å². The van der Waals surface area contributed by atoms with Crippen LogP contribution in [-0.4, -0.2) is 31.5 Å². The summed E-state index contributed by atoms with van der Waals surface area (Å²) in [6.07, 6.45) is 0. The first-order valence-corrected chi connectivity index (χ1v) is 8.52. The molecule has 0 aliphatic carbocycles. The summed E-state index contributed by atoms with van der Waals surface area (Å²) in [7, 11) is 1.50. The minimum absolute atomic E-state index is 0.0227. The molecule has 0 fully saturated rings. The molecule has 1 N–H and O–H groups in total. The summed E-state index contributed by atoms with van der Waals surface area (Å²) in [5.41, 5.74) is 1.06. The van der Waals surface area contributed by atoms with Crippen molar-refractivity contribution in [2.45, 2.75) is 6.61 Å². The van der Waals surface area contributed by atoms with Crippen LogP contribution in [0.25, 0.3) is 11.0 Å². The van der Waals surface area contributed by atoms with E-state index in [1.54, 1.807) is 35.7 Å². The molecule has 3 aromatic rings. The number of hydrogen-bond acceptors (Lipinski definition) is 7. The average Bonchev–Trinajstić information content (AvgIpc) is 3.29. The molecule has 0 atom stereocenters. The predicted molar refractivity (Wildman–Crippen MR) is 94.0 cm³/mol. The average molecular weight is 373 g/mol. The van der Waals surface area contributed by atoms with Crippen LogP contribution in [0.2, 0.25) is 0 Å². The fourth-order valence-corrected chi connectivity index (χ4v) is 3.00. The number of benzene rings is 1. The maximum Gasteiger partial charge on any atom is 0.375 e. The molecule has 0 radical (unpaired) electrons. The zero-order valence-corrected chi connectivity index (χ0v) is 14.6. The summed E-state index contributed by atoms with van der Waals surface area (Å²) in [5.74, 6) is -2.08. The number of esters is 1. The second-order valence-corrected chi connectivity index (χ2v) is 6.22. The Bertz CT molecular complexity index is 944. The fourth-order valence-electron chi connectivity index (χ4n) is 2.38. The molecule has 26 heavy (non-hydrogen) atoms. The number of nitrogens with one attached hydrogen (secondary N) is 1. The second kappa shape index (κ2) is 7.94. The molecular formula is C18H15NO6S. The van der Waals surface area contributed by atoms with E-state index in [0.29, 0.717) is 16.0 Å². The minimum Gasteiger partial charge on any atom is -0.450 e. The van der Waals surface area contributed by atoms with Crippen molar-refractivity contribution >= 4 is 40.1 Å². The van der Waals surface area contributed by atoms with E-state index in [1.165, 1.54) is 18.4 Å². The van der Waals surface area contributed by atoms with Gasteiger partial charge in [-0.25, -0.2) is 4.79 Å². The van der Waals surface area contributed by atoms with Crippen LogP contribution in [0.1, 0.15) is 25.8 Å². The molecule has 8 heteroatoms. The van der Waals surface area contributed by atoms with E-state index in [-0.39, 0.29) is 12.4 Å². The number of ether oxygens (including phenoxy) is 2. The first kappa shape index (κ1) is 17.8. The van der Waals surface area contributed by atoms with Gasteiger partial charge >= 0.3 is 5.97 Å². The standard InChI is InChI=1S/C18H15NO6S/c1-23-9-12-11-5-2-3-6-13(11)25-16(12)18(22)24-10-15(20)19-17(21)14-7-4-8-26-14/h2-8H,9-10H2,1H3,(H,19,20,21). The summed E-state index contributed by atoms with van der Waals surface area (Å²) in [4.78, 5) is 36.3. The fraction of sp³-hybridized carbons (Fsp3) is 0.167. The summed E-state index contributed by atoms with van der Waals surface area (Å²) in [6.45, 7) is -0.441. The molecule has 1 aromatic carbocycles. The van der Waals surface area contributed by atoms with Gasteiger partial charge < -0.3 is 13.9 Å². The highest BCUT2D eigenvalue weighted by Gasteiger charge is 2.23. The Morgan fingerprint density at radius 1 is 1.15 bits per heavy atom. The summed E-state index contributed by atoms with van der Waals surface area (Å²) < 4.78 is 15.6. The third kappa shape index (κ3) is 3.81. The van der Waals surface area contributed by atoms with E-state index < -0.39 is 24.4 Å². The van der Waals surface area contributed by atoms with Crippen LogP contribution in [0, 0.1) is 0 Å². The third-order valence-electron chi connectivity index (χ3n) is 3.50. The lowest BCUT2D eigenvalue weighted by atomic mass is 10.1. The first-order chi connectivity index (χ1) is 12.6. The largest absolute Gasteiger partial charge is 0.450 e. The van der Waals surface area contributed by atoms with Crippen molar-refractivity contribution in [3.8, 4) is 0 Å². The number of hydrogen-bond donors (Lipinski definition) is 1. The van der Waals surface area contributed by atoms with Gasteiger partial charge in [0, 0.05) is 18.1 Å². The van der Waals surface area contributed by atoms with Crippen molar-refractivity contribution in [3.05, 3.63) is 58.0 Å². The van der Waals surface area contributed by atoms with Crippen LogP contribution in [0.3, 0.4) is 0 Å². The minimum atomic E-state index is -0.799. The Morgan fingerprint density at radius 3 is 2.69 bits per heavy atom. The van der Waals surface area contributed by atoms with E-state index in [0.717, 1.165) is 5.39 Å². The number of carbonyl (C=O) groups is 3. The van der Waals surface area contributed by atoms with Gasteiger partial charge in [-0.1, -0.05) is 24.3 Å². The third-order valence-corrected chi connectivity index (χ3v) is 4.37. The Kier molecular flexibility index (Phi) is 5.45. The molecule has 0 saturated carbocycles. The molecule has 0 bridgehead atoms. The number of rotatable bonds is 6. The van der Waals surface area contributed by atoms with E-state index >= 15 is 0 Å². The van der Waals surface area contributed by atoms with E-state index in [4.69, 9.17) is 13.9 Å². The molecule has 0 aliphatic heterocycles. The lowest BCUT2D eigenvalue weighted by molar-refractivity contribution is -0.123. The molecule has 0 aliphatic rings. The summed E-state index contributed by atoms with van der Waals surface area (Å²) in [6, 6.07) is 10.4. The monoisotopic (exact) mass is 373 g/mol. The molecule has 3 rings (SSSR count). The molecule has 2 amide bonds. The zero-order valence-electron chi connectivity index (χ0n) is 13.8. The SMILES string of the molecule is COCc1c(C(=O)OCC(=O)NC(=O)c2cccs2)oc2ccccc12. The van der Waals surface area contributed by atoms with Crippen molar-refractivity contribution in [2.24, 2.45) is 0 Å². The molecule has 7 nitrogen and oxygen atoms in total. The highest BCUT2D eigenvalue weighted by atomic mass is 32.1. The van der Waals surface area contributed by atoms with E-state index in [9.17, 15) is 14.4 Å². The molecule has 134 valence electrons. The van der Waals surface area contributed by atoms with Crippen LogP contribution in [0.4, 0.5) is 0 Å². The van der Waals surface area contributed by atoms with Gasteiger partial charge in [0.25, 0.3) is 11.8 Å². The lowest BCUT2D eigenvalue weighted by Crippen LogP contribution is -2.33. The first-order valence-electron chi connectivity index (χ1n) is 7.64. The number of methoxy groups -OCH3 is 1. The Morgan fingerprint density at radius 2 is 1.96 bits per heavy atom. The molecule has 2 aromatic heterocycles. The van der Waals surface area contributed by atoms with Crippen molar-refractivity contribution in [1.82, 2.24) is 5.32 Å². The number of fused-ring (bicyclic) bond motifs is 1. The maximum atomic E-state index is 12.3. The van der Waals surface area contributed by atoms with Crippen LogP contribution < -0.4 is 5.32 Å². The molecule has 0 saturated heterocycles. The van der Waals surface area contributed by atoms with Crippen LogP contribution in [-0.2, 0) is 20.9 Å². The predicted octanol–water partition coefficient (Wildman–Crippen LogP) is 2.75. The zero-order chi connectivity index (χ0) is 18.5.